The molecule has 0 aliphatic carbocycles. The highest BCUT2D eigenvalue weighted by atomic mass is 15.0. The van der Waals surface area contributed by atoms with Gasteiger partial charge in [-0.15, -0.1) is 0 Å². The Hall–Kier alpha value is -1.35. The lowest BCUT2D eigenvalue weighted by molar-refractivity contribution is 0.714. The van der Waals surface area contributed by atoms with E-state index in [-0.39, 0.29) is 6.04 Å². The van der Waals surface area contributed by atoms with Gasteiger partial charge in [0.25, 0.3) is 0 Å². The average molecular weight is 175 g/mol. The molecule has 2 heterocycles. The Kier molecular flexibility index (Phi) is 2.02. The zero-order valence-electron chi connectivity index (χ0n) is 7.64. The molecule has 0 radical (unpaired) electrons. The molecule has 2 aromatic heterocycles. The molecule has 0 saturated carbocycles. The second kappa shape index (κ2) is 3.18. The Morgan fingerprint density at radius 1 is 1.54 bits per heavy atom. The van der Waals surface area contributed by atoms with Gasteiger partial charge in [-0.25, -0.2) is 4.98 Å². The normalized spacial score (nSPS) is 13.4. The molecule has 3 heteroatoms. The topological polar surface area (TPSA) is 43.3 Å². The molecule has 1 atom stereocenters. The van der Waals surface area contributed by atoms with Crippen LogP contribution in [0, 0.1) is 0 Å². The summed E-state index contributed by atoms with van der Waals surface area (Å²) >= 11 is 0. The number of aromatic nitrogens is 2. The summed E-state index contributed by atoms with van der Waals surface area (Å²) in [6.07, 6.45) is 4.65. The molecule has 13 heavy (non-hydrogen) atoms. The van der Waals surface area contributed by atoms with Crippen LogP contribution in [0.4, 0.5) is 0 Å². The molecule has 0 saturated heterocycles. The second-order valence-corrected chi connectivity index (χ2v) is 3.35. The lowest BCUT2D eigenvalue weighted by atomic mass is 10.2. The zero-order valence-corrected chi connectivity index (χ0v) is 7.64. The van der Waals surface area contributed by atoms with E-state index in [1.54, 1.807) is 6.20 Å². The van der Waals surface area contributed by atoms with Crippen LogP contribution in [0.25, 0.3) is 5.65 Å². The lowest BCUT2D eigenvalue weighted by Crippen LogP contribution is -2.19. The SMILES string of the molecule is C[C@@H](N)Cc1cccc2nccn12. The highest BCUT2D eigenvalue weighted by Crippen LogP contribution is 2.07. The van der Waals surface area contributed by atoms with Crippen molar-refractivity contribution in [3.63, 3.8) is 0 Å². The van der Waals surface area contributed by atoms with Crippen LogP contribution in [0.2, 0.25) is 0 Å². The van der Waals surface area contributed by atoms with Gasteiger partial charge in [-0.1, -0.05) is 6.07 Å². The highest BCUT2D eigenvalue weighted by molar-refractivity contribution is 5.39. The molecule has 0 unspecified atom stereocenters. The fourth-order valence-corrected chi connectivity index (χ4v) is 1.50. The molecule has 0 aliphatic heterocycles. The Morgan fingerprint density at radius 3 is 3.15 bits per heavy atom. The Bertz CT molecular complexity index is 403. The van der Waals surface area contributed by atoms with Crippen LogP contribution in [-0.2, 0) is 6.42 Å². The summed E-state index contributed by atoms with van der Waals surface area (Å²) in [6, 6.07) is 6.27. The number of rotatable bonds is 2. The van der Waals surface area contributed by atoms with E-state index in [9.17, 15) is 0 Å². The summed E-state index contributed by atoms with van der Waals surface area (Å²) in [5, 5.41) is 0. The number of fused-ring (bicyclic) bond motifs is 1. The number of nitrogens with two attached hydrogens (primary N) is 1. The maximum Gasteiger partial charge on any atom is 0.136 e. The summed E-state index contributed by atoms with van der Waals surface area (Å²) in [5.41, 5.74) is 7.95. The molecule has 0 fully saturated rings. The summed E-state index contributed by atoms with van der Waals surface area (Å²) in [5.74, 6) is 0. The van der Waals surface area contributed by atoms with Crippen molar-refractivity contribution in [3.05, 3.63) is 36.3 Å². The predicted molar refractivity (Wildman–Crippen MR) is 52.5 cm³/mol. The minimum Gasteiger partial charge on any atom is -0.328 e. The van der Waals surface area contributed by atoms with Gasteiger partial charge >= 0.3 is 0 Å². The van der Waals surface area contributed by atoms with Crippen molar-refractivity contribution in [2.24, 2.45) is 5.73 Å². The Balaban J connectivity index is 2.48. The monoisotopic (exact) mass is 175 g/mol. The van der Waals surface area contributed by atoms with Gasteiger partial charge in [-0.3, -0.25) is 0 Å². The molecule has 3 nitrogen and oxygen atoms in total. The van der Waals surface area contributed by atoms with Gasteiger partial charge in [-0.05, 0) is 19.1 Å². The van der Waals surface area contributed by atoms with Crippen LogP contribution in [0.1, 0.15) is 12.6 Å². The third-order valence-electron chi connectivity index (χ3n) is 2.04. The van der Waals surface area contributed by atoms with E-state index >= 15 is 0 Å². The molecular formula is C10H13N3. The Labute approximate surface area is 77.2 Å². The standard InChI is InChI=1S/C10H13N3/c1-8(11)7-9-3-2-4-10-12-5-6-13(9)10/h2-6,8H,7,11H2,1H3/t8-/m1/s1. The van der Waals surface area contributed by atoms with Crippen LogP contribution in [0.15, 0.2) is 30.6 Å². The molecular weight excluding hydrogens is 162 g/mol. The highest BCUT2D eigenvalue weighted by Gasteiger charge is 2.02. The van der Waals surface area contributed by atoms with Crippen molar-refractivity contribution < 1.29 is 0 Å². The van der Waals surface area contributed by atoms with Crippen LogP contribution < -0.4 is 5.73 Å². The van der Waals surface area contributed by atoms with Crippen LogP contribution >= 0.6 is 0 Å². The van der Waals surface area contributed by atoms with E-state index in [4.69, 9.17) is 5.73 Å². The molecule has 0 bridgehead atoms. The average Bonchev–Trinajstić information content (AvgIpc) is 2.51. The number of hydrogen-bond acceptors (Lipinski definition) is 2. The molecule has 0 aliphatic rings. The second-order valence-electron chi connectivity index (χ2n) is 3.35. The summed E-state index contributed by atoms with van der Waals surface area (Å²) in [7, 11) is 0. The maximum absolute atomic E-state index is 5.75. The minimum atomic E-state index is 0.188. The van der Waals surface area contributed by atoms with Crippen LogP contribution in [0.3, 0.4) is 0 Å². The first-order chi connectivity index (χ1) is 6.27. The number of hydrogen-bond donors (Lipinski definition) is 1. The smallest absolute Gasteiger partial charge is 0.136 e. The number of nitrogens with zero attached hydrogens (tertiary/aromatic N) is 2. The first-order valence-electron chi connectivity index (χ1n) is 4.44. The van der Waals surface area contributed by atoms with Crippen molar-refractivity contribution in [2.45, 2.75) is 19.4 Å². The van der Waals surface area contributed by atoms with E-state index in [0.29, 0.717) is 0 Å². The molecule has 2 rings (SSSR count). The fourth-order valence-electron chi connectivity index (χ4n) is 1.50. The first kappa shape index (κ1) is 8.26. The molecule has 2 N–H and O–H groups in total. The van der Waals surface area contributed by atoms with E-state index < -0.39 is 0 Å². The summed E-state index contributed by atoms with van der Waals surface area (Å²) < 4.78 is 2.07. The van der Waals surface area contributed by atoms with Gasteiger partial charge in [0, 0.05) is 30.6 Å². The van der Waals surface area contributed by atoms with Crippen molar-refractivity contribution >= 4 is 5.65 Å². The third kappa shape index (κ3) is 1.55. The Morgan fingerprint density at radius 2 is 2.38 bits per heavy atom. The zero-order chi connectivity index (χ0) is 9.26. The lowest BCUT2D eigenvalue weighted by Gasteiger charge is -2.07. The summed E-state index contributed by atoms with van der Waals surface area (Å²) in [6.45, 7) is 2.01. The summed E-state index contributed by atoms with van der Waals surface area (Å²) in [4.78, 5) is 4.21. The largest absolute Gasteiger partial charge is 0.328 e. The van der Waals surface area contributed by atoms with E-state index in [0.717, 1.165) is 12.1 Å². The van der Waals surface area contributed by atoms with Gasteiger partial charge in [-0.2, -0.15) is 0 Å². The predicted octanol–water partition coefficient (Wildman–Crippen LogP) is 1.22. The van der Waals surface area contributed by atoms with E-state index in [1.165, 1.54) is 5.69 Å². The van der Waals surface area contributed by atoms with Gasteiger partial charge < -0.3 is 10.1 Å². The maximum atomic E-state index is 5.75. The first-order valence-corrected chi connectivity index (χ1v) is 4.44. The fraction of sp³-hybridized carbons (Fsp3) is 0.300. The van der Waals surface area contributed by atoms with E-state index in [2.05, 4.69) is 15.5 Å². The van der Waals surface area contributed by atoms with Crippen molar-refractivity contribution in [1.82, 2.24) is 9.38 Å². The molecule has 68 valence electrons. The van der Waals surface area contributed by atoms with E-state index in [1.807, 2.05) is 25.3 Å². The molecule has 0 spiro atoms. The molecule has 0 aromatic carbocycles. The number of pyridine rings is 1. The van der Waals surface area contributed by atoms with Gasteiger partial charge in [0.1, 0.15) is 5.65 Å². The van der Waals surface area contributed by atoms with Gasteiger partial charge in [0.05, 0.1) is 0 Å². The quantitative estimate of drug-likeness (QED) is 0.745. The number of imidazole rings is 1. The van der Waals surface area contributed by atoms with Crippen molar-refractivity contribution in [1.29, 1.82) is 0 Å². The van der Waals surface area contributed by atoms with Crippen molar-refractivity contribution in [2.75, 3.05) is 0 Å². The molecule has 0 amide bonds. The molecule has 2 aromatic rings. The van der Waals surface area contributed by atoms with Gasteiger partial charge in [0.15, 0.2) is 0 Å². The van der Waals surface area contributed by atoms with Crippen LogP contribution in [0.5, 0.6) is 0 Å². The minimum absolute atomic E-state index is 0.188. The van der Waals surface area contributed by atoms with Crippen LogP contribution in [-0.4, -0.2) is 15.4 Å². The van der Waals surface area contributed by atoms with Gasteiger partial charge in [0.2, 0.25) is 0 Å². The third-order valence-corrected chi connectivity index (χ3v) is 2.04. The van der Waals surface area contributed by atoms with Crippen molar-refractivity contribution in [3.8, 4) is 0 Å².